The minimum Gasteiger partial charge on any atom is -0.481 e. The van der Waals surface area contributed by atoms with E-state index in [-0.39, 0.29) is 0 Å². The minimum atomic E-state index is 0.540. The Labute approximate surface area is 94.9 Å². The van der Waals surface area contributed by atoms with Crippen LogP contribution in [-0.2, 0) is 0 Å². The van der Waals surface area contributed by atoms with Crippen molar-refractivity contribution in [1.82, 2.24) is 4.98 Å². The van der Waals surface area contributed by atoms with Crippen molar-refractivity contribution in [2.24, 2.45) is 0 Å². The highest BCUT2D eigenvalue weighted by Gasteiger charge is 2.05. The zero-order valence-corrected chi connectivity index (χ0v) is 9.40. The molecule has 0 aliphatic rings. The van der Waals surface area contributed by atoms with Crippen LogP contribution in [0.5, 0.6) is 5.88 Å². The molecule has 0 saturated heterocycles. The van der Waals surface area contributed by atoms with Gasteiger partial charge in [-0.3, -0.25) is 0 Å². The first-order valence-corrected chi connectivity index (χ1v) is 5.08. The van der Waals surface area contributed by atoms with Crippen LogP contribution in [-0.4, -0.2) is 12.1 Å². The SMILES string of the molecule is COc1cc(N)cc(-c2ccccc2C)n1. The molecule has 0 unspecified atom stereocenters. The van der Waals surface area contributed by atoms with Crippen LogP contribution in [0.4, 0.5) is 5.69 Å². The molecule has 0 saturated carbocycles. The standard InChI is InChI=1S/C13H14N2O/c1-9-5-3-4-6-11(9)12-7-10(14)8-13(15-12)16-2/h3-8H,1-2H3,(H2,14,15). The van der Waals surface area contributed by atoms with Gasteiger partial charge in [0.25, 0.3) is 0 Å². The van der Waals surface area contributed by atoms with Crippen molar-refractivity contribution >= 4 is 5.69 Å². The maximum Gasteiger partial charge on any atom is 0.215 e. The summed E-state index contributed by atoms with van der Waals surface area (Å²) < 4.78 is 5.11. The van der Waals surface area contributed by atoms with Gasteiger partial charge in [-0.05, 0) is 18.6 Å². The molecule has 2 rings (SSSR count). The lowest BCUT2D eigenvalue weighted by Gasteiger charge is -2.07. The van der Waals surface area contributed by atoms with Gasteiger partial charge < -0.3 is 10.5 Å². The second kappa shape index (κ2) is 4.23. The smallest absolute Gasteiger partial charge is 0.215 e. The van der Waals surface area contributed by atoms with Gasteiger partial charge in [-0.15, -0.1) is 0 Å². The number of anilines is 1. The Kier molecular flexibility index (Phi) is 2.77. The van der Waals surface area contributed by atoms with Gasteiger partial charge in [-0.1, -0.05) is 24.3 Å². The molecule has 0 radical (unpaired) electrons. The summed E-state index contributed by atoms with van der Waals surface area (Å²) in [5, 5.41) is 0. The van der Waals surface area contributed by atoms with Gasteiger partial charge in [0, 0.05) is 17.3 Å². The predicted molar refractivity (Wildman–Crippen MR) is 65.4 cm³/mol. The number of benzene rings is 1. The van der Waals surface area contributed by atoms with Crippen molar-refractivity contribution in [3.63, 3.8) is 0 Å². The monoisotopic (exact) mass is 214 g/mol. The highest BCUT2D eigenvalue weighted by atomic mass is 16.5. The summed E-state index contributed by atoms with van der Waals surface area (Å²) >= 11 is 0. The van der Waals surface area contributed by atoms with E-state index >= 15 is 0 Å². The maximum absolute atomic E-state index is 5.80. The zero-order valence-electron chi connectivity index (χ0n) is 9.40. The third-order valence-electron chi connectivity index (χ3n) is 2.45. The van der Waals surface area contributed by atoms with Crippen molar-refractivity contribution in [3.05, 3.63) is 42.0 Å². The van der Waals surface area contributed by atoms with E-state index in [9.17, 15) is 0 Å². The first-order chi connectivity index (χ1) is 7.70. The molecule has 1 aromatic carbocycles. The second-order valence-corrected chi connectivity index (χ2v) is 3.64. The molecule has 0 aliphatic carbocycles. The summed E-state index contributed by atoms with van der Waals surface area (Å²) in [7, 11) is 1.59. The van der Waals surface area contributed by atoms with Gasteiger partial charge in [0.05, 0.1) is 12.8 Å². The van der Waals surface area contributed by atoms with E-state index in [0.29, 0.717) is 11.6 Å². The fourth-order valence-corrected chi connectivity index (χ4v) is 1.63. The molecule has 0 fully saturated rings. The van der Waals surface area contributed by atoms with Crippen LogP contribution >= 0.6 is 0 Å². The Morgan fingerprint density at radius 3 is 2.62 bits per heavy atom. The van der Waals surface area contributed by atoms with E-state index in [4.69, 9.17) is 10.5 Å². The van der Waals surface area contributed by atoms with Crippen molar-refractivity contribution < 1.29 is 4.74 Å². The van der Waals surface area contributed by atoms with Crippen molar-refractivity contribution in [1.29, 1.82) is 0 Å². The molecule has 3 heteroatoms. The van der Waals surface area contributed by atoms with Gasteiger partial charge in [-0.2, -0.15) is 0 Å². The second-order valence-electron chi connectivity index (χ2n) is 3.64. The third-order valence-corrected chi connectivity index (χ3v) is 2.45. The lowest BCUT2D eigenvalue weighted by molar-refractivity contribution is 0.398. The molecule has 16 heavy (non-hydrogen) atoms. The Bertz CT molecular complexity index is 509. The number of hydrogen-bond donors (Lipinski definition) is 1. The van der Waals surface area contributed by atoms with Crippen molar-refractivity contribution in [2.75, 3.05) is 12.8 Å². The van der Waals surface area contributed by atoms with Crippen LogP contribution in [0.2, 0.25) is 0 Å². The quantitative estimate of drug-likeness (QED) is 0.836. The Balaban J connectivity index is 2.56. The van der Waals surface area contributed by atoms with Crippen molar-refractivity contribution in [3.8, 4) is 17.1 Å². The largest absolute Gasteiger partial charge is 0.481 e. The van der Waals surface area contributed by atoms with E-state index in [1.807, 2.05) is 37.3 Å². The number of ether oxygens (including phenoxy) is 1. The molecular weight excluding hydrogens is 200 g/mol. The van der Waals surface area contributed by atoms with Gasteiger partial charge in [0.2, 0.25) is 5.88 Å². The number of aromatic nitrogens is 1. The van der Waals surface area contributed by atoms with Gasteiger partial charge in [-0.25, -0.2) is 4.98 Å². The number of pyridine rings is 1. The zero-order chi connectivity index (χ0) is 11.5. The lowest BCUT2D eigenvalue weighted by Crippen LogP contribution is -1.95. The fourth-order valence-electron chi connectivity index (χ4n) is 1.63. The summed E-state index contributed by atoms with van der Waals surface area (Å²) in [6, 6.07) is 11.6. The van der Waals surface area contributed by atoms with E-state index in [1.54, 1.807) is 13.2 Å². The summed E-state index contributed by atoms with van der Waals surface area (Å²) in [4.78, 5) is 4.38. The molecule has 0 aliphatic heterocycles. The molecule has 0 spiro atoms. The van der Waals surface area contributed by atoms with Crippen LogP contribution in [0.25, 0.3) is 11.3 Å². The Hall–Kier alpha value is -2.03. The summed E-state index contributed by atoms with van der Waals surface area (Å²) in [6.45, 7) is 2.05. The maximum atomic E-state index is 5.80. The van der Waals surface area contributed by atoms with Crippen LogP contribution in [0.15, 0.2) is 36.4 Å². The van der Waals surface area contributed by atoms with Crippen LogP contribution < -0.4 is 10.5 Å². The van der Waals surface area contributed by atoms with E-state index in [1.165, 1.54) is 5.56 Å². The number of methoxy groups -OCH3 is 1. The Morgan fingerprint density at radius 2 is 1.94 bits per heavy atom. The number of nitrogen functional groups attached to an aromatic ring is 1. The van der Waals surface area contributed by atoms with Gasteiger partial charge >= 0.3 is 0 Å². The summed E-state index contributed by atoms with van der Waals surface area (Å²) in [5.74, 6) is 0.540. The first kappa shape index (κ1) is 10.5. The van der Waals surface area contributed by atoms with Crippen LogP contribution in [0.3, 0.4) is 0 Å². The molecule has 3 nitrogen and oxygen atoms in total. The third kappa shape index (κ3) is 1.98. The number of rotatable bonds is 2. The number of hydrogen-bond acceptors (Lipinski definition) is 3. The van der Waals surface area contributed by atoms with Gasteiger partial charge in [0.15, 0.2) is 0 Å². The summed E-state index contributed by atoms with van der Waals surface area (Å²) in [6.07, 6.45) is 0. The number of aryl methyl sites for hydroxylation is 1. The Morgan fingerprint density at radius 1 is 1.19 bits per heavy atom. The molecule has 0 bridgehead atoms. The molecule has 82 valence electrons. The molecular formula is C13H14N2O. The average Bonchev–Trinajstić information content (AvgIpc) is 2.28. The van der Waals surface area contributed by atoms with E-state index in [2.05, 4.69) is 4.98 Å². The average molecular weight is 214 g/mol. The highest BCUT2D eigenvalue weighted by Crippen LogP contribution is 2.25. The minimum absolute atomic E-state index is 0.540. The van der Waals surface area contributed by atoms with Gasteiger partial charge in [0.1, 0.15) is 0 Å². The van der Waals surface area contributed by atoms with Crippen molar-refractivity contribution in [2.45, 2.75) is 6.92 Å². The number of nitrogens with zero attached hydrogens (tertiary/aromatic N) is 1. The highest BCUT2D eigenvalue weighted by molar-refractivity contribution is 5.67. The molecule has 1 aromatic heterocycles. The fraction of sp³-hybridized carbons (Fsp3) is 0.154. The van der Waals surface area contributed by atoms with Crippen LogP contribution in [0, 0.1) is 6.92 Å². The molecule has 1 heterocycles. The molecule has 2 N–H and O–H groups in total. The van der Waals surface area contributed by atoms with E-state index < -0.39 is 0 Å². The molecule has 0 atom stereocenters. The number of nitrogens with two attached hydrogens (primary N) is 1. The topological polar surface area (TPSA) is 48.1 Å². The molecule has 0 amide bonds. The lowest BCUT2D eigenvalue weighted by atomic mass is 10.1. The summed E-state index contributed by atoms with van der Waals surface area (Å²) in [5.41, 5.74) is 9.55. The predicted octanol–water partition coefficient (Wildman–Crippen LogP) is 2.65. The molecule has 2 aromatic rings. The van der Waals surface area contributed by atoms with Crippen LogP contribution in [0.1, 0.15) is 5.56 Å². The normalized spacial score (nSPS) is 10.1. The van der Waals surface area contributed by atoms with E-state index in [0.717, 1.165) is 11.3 Å². The first-order valence-electron chi connectivity index (χ1n) is 5.08.